The Hall–Kier alpha value is -2.30. The molecule has 1 atom stereocenters. The Bertz CT molecular complexity index is 926. The predicted molar refractivity (Wildman–Crippen MR) is 107 cm³/mol. The summed E-state index contributed by atoms with van der Waals surface area (Å²) in [6, 6.07) is 8.30. The fourth-order valence-electron chi connectivity index (χ4n) is 2.46. The molecule has 2 rings (SSSR count). The Morgan fingerprint density at radius 3 is 2.39 bits per heavy atom. The van der Waals surface area contributed by atoms with Crippen LogP contribution in [0.4, 0.5) is 0 Å². The number of sulfonamides is 1. The fourth-order valence-corrected chi connectivity index (χ4v) is 4.19. The molecule has 28 heavy (non-hydrogen) atoms. The van der Waals surface area contributed by atoms with E-state index in [1.807, 2.05) is 6.26 Å². The maximum atomic E-state index is 12.5. The van der Waals surface area contributed by atoms with Gasteiger partial charge in [-0.05, 0) is 50.5 Å². The molecule has 1 aromatic heterocycles. The lowest BCUT2D eigenvalue weighted by atomic mass is 10.2. The molecule has 0 radical (unpaired) electrons. The average molecular weight is 426 g/mol. The van der Waals surface area contributed by atoms with Gasteiger partial charge in [-0.3, -0.25) is 20.4 Å². The summed E-state index contributed by atoms with van der Waals surface area (Å²) in [5.41, 5.74) is 4.87. The second-order valence-corrected chi connectivity index (χ2v) is 8.74. The van der Waals surface area contributed by atoms with Crippen LogP contribution in [-0.2, 0) is 14.8 Å². The van der Waals surface area contributed by atoms with Gasteiger partial charge in [-0.2, -0.15) is 16.5 Å². The number of hydrogen-bond donors (Lipinski definition) is 3. The van der Waals surface area contributed by atoms with E-state index in [1.165, 1.54) is 23.9 Å². The summed E-state index contributed by atoms with van der Waals surface area (Å²) in [6.45, 7) is 3.35. The van der Waals surface area contributed by atoms with Crippen molar-refractivity contribution in [3.05, 3.63) is 53.5 Å². The second kappa shape index (κ2) is 9.76. The van der Waals surface area contributed by atoms with E-state index in [0.717, 1.165) is 0 Å². The molecule has 0 aliphatic rings. The molecule has 0 unspecified atom stereocenters. The Labute approximate surface area is 168 Å². The van der Waals surface area contributed by atoms with Gasteiger partial charge in [-0.15, -0.1) is 0 Å². The summed E-state index contributed by atoms with van der Waals surface area (Å²) >= 11 is 1.48. The van der Waals surface area contributed by atoms with Crippen LogP contribution in [0.1, 0.15) is 28.3 Å². The predicted octanol–water partition coefficient (Wildman–Crippen LogP) is 1.76. The van der Waals surface area contributed by atoms with Crippen molar-refractivity contribution >= 4 is 33.6 Å². The van der Waals surface area contributed by atoms with Crippen LogP contribution in [0.3, 0.4) is 0 Å². The van der Waals surface area contributed by atoms with Crippen molar-refractivity contribution in [2.45, 2.75) is 31.2 Å². The van der Waals surface area contributed by atoms with Gasteiger partial charge in [0.05, 0.1) is 10.5 Å². The molecular formula is C18H23N3O5S2. The molecule has 1 aromatic carbocycles. The fraction of sp³-hybridized carbons (Fsp3) is 0.333. The van der Waals surface area contributed by atoms with Gasteiger partial charge in [0.2, 0.25) is 10.0 Å². The van der Waals surface area contributed by atoms with E-state index in [1.54, 1.807) is 38.1 Å². The maximum absolute atomic E-state index is 12.5. The number of hydrogen-bond acceptors (Lipinski definition) is 6. The molecule has 10 heteroatoms. The van der Waals surface area contributed by atoms with Gasteiger partial charge in [-0.25, -0.2) is 8.42 Å². The van der Waals surface area contributed by atoms with Crippen molar-refractivity contribution in [2.75, 3.05) is 12.0 Å². The standard InChI is InChI=1S/C18H23N3O5S2/c1-12-11-15(13(2)26-12)17(22)19-20-18(23)16(9-10-27-3)21-28(24,25)14-7-5-4-6-8-14/h4-8,11,16,21H,9-10H2,1-3H3,(H,19,22)(H,20,23)/t16-/m1/s1. The van der Waals surface area contributed by atoms with Crippen LogP contribution >= 0.6 is 11.8 Å². The first-order valence-electron chi connectivity index (χ1n) is 8.48. The Kier molecular flexibility index (Phi) is 7.67. The number of thioether (sulfide) groups is 1. The van der Waals surface area contributed by atoms with Crippen molar-refractivity contribution in [2.24, 2.45) is 0 Å². The third kappa shape index (κ3) is 5.85. The summed E-state index contributed by atoms with van der Waals surface area (Å²) in [7, 11) is -3.88. The molecule has 3 N–H and O–H groups in total. The van der Waals surface area contributed by atoms with Crippen molar-refractivity contribution in [1.29, 1.82) is 0 Å². The molecule has 1 heterocycles. The number of carbonyl (C=O) groups excluding carboxylic acids is 2. The van der Waals surface area contributed by atoms with Gasteiger partial charge in [0, 0.05) is 0 Å². The van der Waals surface area contributed by atoms with Crippen LogP contribution in [0.15, 0.2) is 45.7 Å². The second-order valence-electron chi connectivity index (χ2n) is 6.04. The molecule has 0 saturated heterocycles. The Balaban J connectivity index is 2.06. The molecule has 0 aliphatic carbocycles. The summed E-state index contributed by atoms with van der Waals surface area (Å²) in [5, 5.41) is 0. The average Bonchev–Trinajstić information content (AvgIpc) is 3.01. The quantitative estimate of drug-likeness (QED) is 0.555. The zero-order valence-corrected chi connectivity index (χ0v) is 17.4. The van der Waals surface area contributed by atoms with Crippen molar-refractivity contribution < 1.29 is 22.4 Å². The lowest BCUT2D eigenvalue weighted by Crippen LogP contribution is -2.52. The van der Waals surface area contributed by atoms with Crippen LogP contribution in [-0.4, -0.2) is 38.3 Å². The van der Waals surface area contributed by atoms with Crippen molar-refractivity contribution in [1.82, 2.24) is 15.6 Å². The number of rotatable bonds is 8. The van der Waals surface area contributed by atoms with Gasteiger partial charge in [0.1, 0.15) is 17.6 Å². The molecule has 0 aliphatic heterocycles. The normalized spacial score (nSPS) is 12.4. The molecular weight excluding hydrogens is 402 g/mol. The molecule has 152 valence electrons. The molecule has 0 spiro atoms. The zero-order valence-electron chi connectivity index (χ0n) is 15.8. The molecule has 0 bridgehead atoms. The molecule has 0 saturated carbocycles. The third-order valence-corrected chi connectivity index (χ3v) is 5.99. The maximum Gasteiger partial charge on any atom is 0.273 e. The number of furan rings is 1. The van der Waals surface area contributed by atoms with Crippen LogP contribution < -0.4 is 15.6 Å². The molecule has 0 fully saturated rings. The minimum Gasteiger partial charge on any atom is -0.466 e. The number of aryl methyl sites for hydroxylation is 2. The highest BCUT2D eigenvalue weighted by molar-refractivity contribution is 7.98. The first-order chi connectivity index (χ1) is 13.2. The lowest BCUT2D eigenvalue weighted by Gasteiger charge is -2.18. The monoisotopic (exact) mass is 425 g/mol. The SMILES string of the molecule is CSCC[C@@H](NS(=O)(=O)c1ccccc1)C(=O)NNC(=O)c1cc(C)oc1C. The van der Waals surface area contributed by atoms with Gasteiger partial charge >= 0.3 is 0 Å². The lowest BCUT2D eigenvalue weighted by molar-refractivity contribution is -0.123. The van der Waals surface area contributed by atoms with Crippen LogP contribution in [0.5, 0.6) is 0 Å². The van der Waals surface area contributed by atoms with Gasteiger partial charge in [0.15, 0.2) is 0 Å². The van der Waals surface area contributed by atoms with Crippen LogP contribution in [0.25, 0.3) is 0 Å². The van der Waals surface area contributed by atoms with Gasteiger partial charge in [-0.1, -0.05) is 18.2 Å². The summed E-state index contributed by atoms with van der Waals surface area (Å²) in [6.07, 6.45) is 2.12. The molecule has 2 aromatic rings. The van der Waals surface area contributed by atoms with Crippen molar-refractivity contribution in [3.63, 3.8) is 0 Å². The first-order valence-corrected chi connectivity index (χ1v) is 11.4. The highest BCUT2D eigenvalue weighted by Gasteiger charge is 2.26. The number of amides is 2. The minimum absolute atomic E-state index is 0.0606. The van der Waals surface area contributed by atoms with Crippen molar-refractivity contribution in [3.8, 4) is 0 Å². The van der Waals surface area contributed by atoms with E-state index in [9.17, 15) is 18.0 Å². The number of nitrogens with one attached hydrogen (secondary N) is 3. The topological polar surface area (TPSA) is 118 Å². The van der Waals surface area contributed by atoms with Crippen LogP contribution in [0, 0.1) is 13.8 Å². The third-order valence-electron chi connectivity index (χ3n) is 3.86. The summed E-state index contributed by atoms with van der Waals surface area (Å²) < 4.78 is 32.7. The van der Waals surface area contributed by atoms with E-state index >= 15 is 0 Å². The van der Waals surface area contributed by atoms with E-state index < -0.39 is 27.9 Å². The van der Waals surface area contributed by atoms with E-state index in [2.05, 4.69) is 15.6 Å². The smallest absolute Gasteiger partial charge is 0.273 e. The van der Waals surface area contributed by atoms with E-state index in [-0.39, 0.29) is 11.3 Å². The van der Waals surface area contributed by atoms with E-state index in [0.29, 0.717) is 22.8 Å². The molecule has 2 amide bonds. The summed E-state index contributed by atoms with van der Waals surface area (Å²) in [5.74, 6) is 0.357. The highest BCUT2D eigenvalue weighted by Crippen LogP contribution is 2.13. The summed E-state index contributed by atoms with van der Waals surface area (Å²) in [4.78, 5) is 24.8. The largest absolute Gasteiger partial charge is 0.466 e. The number of carbonyl (C=O) groups is 2. The van der Waals surface area contributed by atoms with E-state index in [4.69, 9.17) is 4.42 Å². The Morgan fingerprint density at radius 1 is 1.14 bits per heavy atom. The number of benzene rings is 1. The number of hydrazine groups is 1. The van der Waals surface area contributed by atoms with Gasteiger partial charge < -0.3 is 4.42 Å². The molecule has 8 nitrogen and oxygen atoms in total. The minimum atomic E-state index is -3.88. The highest BCUT2D eigenvalue weighted by atomic mass is 32.2. The Morgan fingerprint density at radius 2 is 1.82 bits per heavy atom. The zero-order chi connectivity index (χ0) is 20.7. The van der Waals surface area contributed by atoms with Gasteiger partial charge in [0.25, 0.3) is 11.8 Å². The first kappa shape index (κ1) is 22.0. The van der Waals surface area contributed by atoms with Crippen LogP contribution in [0.2, 0.25) is 0 Å².